The number of nitrogens with two attached hydrogens (primary N) is 1. The Morgan fingerprint density at radius 2 is 2.11 bits per heavy atom. The van der Waals surface area contributed by atoms with Gasteiger partial charge in [-0.2, -0.15) is 0 Å². The minimum atomic E-state index is 0.174. The topological polar surface area (TPSA) is 42.4 Å². The van der Waals surface area contributed by atoms with Gasteiger partial charge in [0.05, 0.1) is 16.8 Å². The Balaban J connectivity index is 2.02. The second-order valence-corrected chi connectivity index (χ2v) is 6.49. The van der Waals surface area contributed by atoms with E-state index in [0.29, 0.717) is 12.6 Å². The highest BCUT2D eigenvalue weighted by atomic mass is 79.9. The Bertz CT molecular complexity index is 385. The summed E-state index contributed by atoms with van der Waals surface area (Å²) in [5.41, 5.74) is 5.97. The van der Waals surface area contributed by atoms with Crippen molar-refractivity contribution in [2.75, 3.05) is 13.6 Å². The molecule has 0 spiro atoms. The van der Waals surface area contributed by atoms with Gasteiger partial charge in [0.25, 0.3) is 0 Å². The van der Waals surface area contributed by atoms with Gasteiger partial charge in [-0.1, -0.05) is 13.3 Å². The van der Waals surface area contributed by atoms with E-state index in [1.165, 1.54) is 32.1 Å². The van der Waals surface area contributed by atoms with Crippen LogP contribution in [0.4, 0.5) is 0 Å². The Morgan fingerprint density at radius 3 is 2.58 bits per heavy atom. The second-order valence-electron chi connectivity index (χ2n) is 5.63. The molecule has 0 radical (unpaired) electrons. The summed E-state index contributed by atoms with van der Waals surface area (Å²) in [5, 5.41) is 0. The molecular formula is C15H25BrN2O. The molecule has 3 nitrogen and oxygen atoms in total. The highest BCUT2D eigenvalue weighted by molar-refractivity contribution is 9.10. The summed E-state index contributed by atoms with van der Waals surface area (Å²) in [7, 11) is 2.18. The molecule has 2 rings (SSSR count). The number of nitrogens with zero attached hydrogens (tertiary/aromatic N) is 1. The minimum absolute atomic E-state index is 0.174. The van der Waals surface area contributed by atoms with Crippen LogP contribution in [0.5, 0.6) is 0 Å². The lowest BCUT2D eigenvalue weighted by Gasteiger charge is -2.38. The lowest BCUT2D eigenvalue weighted by molar-refractivity contribution is 0.110. The van der Waals surface area contributed by atoms with Crippen molar-refractivity contribution in [3.8, 4) is 0 Å². The van der Waals surface area contributed by atoms with Crippen molar-refractivity contribution < 1.29 is 4.42 Å². The molecule has 0 amide bonds. The summed E-state index contributed by atoms with van der Waals surface area (Å²) >= 11 is 3.54. The molecule has 1 fully saturated rings. The first-order valence-corrected chi connectivity index (χ1v) is 8.11. The Morgan fingerprint density at radius 1 is 1.42 bits per heavy atom. The molecule has 2 N–H and O–H groups in total. The van der Waals surface area contributed by atoms with Crippen LogP contribution in [0.15, 0.2) is 21.2 Å². The van der Waals surface area contributed by atoms with Crippen molar-refractivity contribution in [2.45, 2.75) is 51.1 Å². The van der Waals surface area contributed by atoms with Crippen LogP contribution in [0.2, 0.25) is 0 Å². The van der Waals surface area contributed by atoms with E-state index in [4.69, 9.17) is 10.2 Å². The molecule has 1 aliphatic rings. The SMILES string of the molecule is CCC1CCC(N(C)C(CN)c2occc2Br)CC1. The van der Waals surface area contributed by atoms with Gasteiger partial charge >= 0.3 is 0 Å². The zero-order valence-electron chi connectivity index (χ0n) is 11.9. The predicted octanol–water partition coefficient (Wildman–Crippen LogP) is 3.94. The number of hydrogen-bond acceptors (Lipinski definition) is 3. The molecule has 108 valence electrons. The molecule has 1 aliphatic carbocycles. The summed E-state index contributed by atoms with van der Waals surface area (Å²) in [5.74, 6) is 1.89. The van der Waals surface area contributed by atoms with Crippen LogP contribution in [0, 0.1) is 5.92 Å². The van der Waals surface area contributed by atoms with Crippen LogP contribution in [-0.2, 0) is 0 Å². The van der Waals surface area contributed by atoms with Crippen LogP contribution in [0.3, 0.4) is 0 Å². The highest BCUT2D eigenvalue weighted by Gasteiger charge is 2.29. The van der Waals surface area contributed by atoms with E-state index < -0.39 is 0 Å². The van der Waals surface area contributed by atoms with Crippen molar-refractivity contribution >= 4 is 15.9 Å². The maximum Gasteiger partial charge on any atom is 0.136 e. The van der Waals surface area contributed by atoms with Crippen molar-refractivity contribution in [3.05, 3.63) is 22.6 Å². The van der Waals surface area contributed by atoms with E-state index in [-0.39, 0.29) is 6.04 Å². The van der Waals surface area contributed by atoms with Crippen LogP contribution in [0.1, 0.15) is 50.8 Å². The fraction of sp³-hybridized carbons (Fsp3) is 0.733. The fourth-order valence-corrected chi connectivity index (χ4v) is 3.68. The minimum Gasteiger partial charge on any atom is -0.466 e. The third-order valence-electron chi connectivity index (χ3n) is 4.63. The second kappa shape index (κ2) is 6.91. The number of hydrogen-bond donors (Lipinski definition) is 1. The maximum absolute atomic E-state index is 5.97. The van der Waals surface area contributed by atoms with Crippen LogP contribution < -0.4 is 5.73 Å². The molecule has 1 heterocycles. The van der Waals surface area contributed by atoms with Crippen molar-refractivity contribution in [2.24, 2.45) is 11.7 Å². The zero-order chi connectivity index (χ0) is 13.8. The lowest BCUT2D eigenvalue weighted by Crippen LogP contribution is -2.40. The van der Waals surface area contributed by atoms with Crippen LogP contribution in [-0.4, -0.2) is 24.5 Å². The van der Waals surface area contributed by atoms with E-state index in [1.54, 1.807) is 6.26 Å². The van der Waals surface area contributed by atoms with Crippen molar-refractivity contribution in [1.29, 1.82) is 0 Å². The van der Waals surface area contributed by atoms with Gasteiger partial charge in [0.2, 0.25) is 0 Å². The summed E-state index contributed by atoms with van der Waals surface area (Å²) in [6, 6.07) is 2.75. The monoisotopic (exact) mass is 328 g/mol. The Labute approximate surface area is 124 Å². The molecule has 1 unspecified atom stereocenters. The number of rotatable bonds is 5. The zero-order valence-corrected chi connectivity index (χ0v) is 13.5. The summed E-state index contributed by atoms with van der Waals surface area (Å²) in [4.78, 5) is 2.41. The molecule has 0 aliphatic heterocycles. The van der Waals surface area contributed by atoms with Crippen molar-refractivity contribution in [1.82, 2.24) is 4.90 Å². The smallest absolute Gasteiger partial charge is 0.136 e. The highest BCUT2D eigenvalue weighted by Crippen LogP contribution is 2.34. The molecule has 1 aromatic heterocycles. The quantitative estimate of drug-likeness (QED) is 0.890. The van der Waals surface area contributed by atoms with E-state index >= 15 is 0 Å². The molecule has 0 aromatic carbocycles. The number of halogens is 1. The summed E-state index contributed by atoms with van der Waals surface area (Å²) in [6.45, 7) is 2.90. The molecule has 1 aromatic rings. The van der Waals surface area contributed by atoms with Crippen molar-refractivity contribution in [3.63, 3.8) is 0 Å². The fourth-order valence-electron chi connectivity index (χ4n) is 3.22. The van der Waals surface area contributed by atoms with E-state index in [2.05, 4.69) is 34.8 Å². The Kier molecular flexibility index (Phi) is 5.48. The van der Waals surface area contributed by atoms with Gasteiger partial charge in [0.1, 0.15) is 5.76 Å². The van der Waals surface area contributed by atoms with E-state index in [0.717, 1.165) is 16.2 Å². The van der Waals surface area contributed by atoms with E-state index in [9.17, 15) is 0 Å². The van der Waals surface area contributed by atoms with Crippen LogP contribution >= 0.6 is 15.9 Å². The third-order valence-corrected chi connectivity index (χ3v) is 5.29. The molecule has 0 bridgehead atoms. The first-order valence-electron chi connectivity index (χ1n) is 7.32. The number of furan rings is 1. The first-order chi connectivity index (χ1) is 9.17. The summed E-state index contributed by atoms with van der Waals surface area (Å²) in [6.07, 6.45) is 8.31. The molecule has 1 atom stereocenters. The largest absolute Gasteiger partial charge is 0.466 e. The number of likely N-dealkylation sites (N-methyl/N-ethyl adjacent to an activating group) is 1. The van der Waals surface area contributed by atoms with Gasteiger partial charge in [0, 0.05) is 12.6 Å². The van der Waals surface area contributed by atoms with Gasteiger partial charge in [0.15, 0.2) is 0 Å². The molecule has 1 saturated carbocycles. The molecule has 19 heavy (non-hydrogen) atoms. The average Bonchev–Trinajstić information content (AvgIpc) is 2.86. The van der Waals surface area contributed by atoms with Gasteiger partial charge in [-0.25, -0.2) is 0 Å². The lowest BCUT2D eigenvalue weighted by atomic mass is 9.83. The normalized spacial score (nSPS) is 25.7. The maximum atomic E-state index is 5.97. The molecule has 0 saturated heterocycles. The predicted molar refractivity (Wildman–Crippen MR) is 82.0 cm³/mol. The van der Waals surface area contributed by atoms with E-state index in [1.807, 2.05) is 6.07 Å². The van der Waals surface area contributed by atoms with Gasteiger partial charge in [-0.15, -0.1) is 0 Å². The van der Waals surface area contributed by atoms with Gasteiger partial charge < -0.3 is 10.2 Å². The Hall–Kier alpha value is -0.320. The van der Waals surface area contributed by atoms with Gasteiger partial charge in [-0.05, 0) is 60.6 Å². The summed E-state index contributed by atoms with van der Waals surface area (Å²) < 4.78 is 6.63. The third kappa shape index (κ3) is 3.41. The average molecular weight is 329 g/mol. The molecule has 4 heteroatoms. The first kappa shape index (κ1) is 15.1. The standard InChI is InChI=1S/C15H25BrN2O/c1-3-11-4-6-12(7-5-11)18(2)14(10-17)15-13(16)8-9-19-15/h8-9,11-12,14H,3-7,10,17H2,1-2H3. The van der Waals surface area contributed by atoms with Crippen LogP contribution in [0.25, 0.3) is 0 Å². The van der Waals surface area contributed by atoms with Gasteiger partial charge in [-0.3, -0.25) is 4.90 Å². The molecular weight excluding hydrogens is 304 g/mol.